The van der Waals surface area contributed by atoms with E-state index >= 15 is 0 Å². The molecule has 0 spiro atoms. The molecule has 1 saturated carbocycles. The second-order valence-electron chi connectivity index (χ2n) is 6.43. The quantitative estimate of drug-likeness (QED) is 0.804. The topological polar surface area (TPSA) is 89.7 Å². The van der Waals surface area contributed by atoms with Gasteiger partial charge in [0, 0.05) is 19.1 Å². The zero-order chi connectivity index (χ0) is 16.6. The molecule has 1 aromatic carbocycles. The van der Waals surface area contributed by atoms with Crippen LogP contribution in [0.4, 0.5) is 0 Å². The lowest BCUT2D eigenvalue weighted by atomic mass is 9.98. The SMILES string of the molecule is COC(=O)c1cccc(CS(=O)(=O)N2CC3CCC(N)C3C2)c1.Cl. The number of carbonyl (C=O) groups excluding carboxylic acids is 1. The summed E-state index contributed by atoms with van der Waals surface area (Å²) < 4.78 is 31.6. The van der Waals surface area contributed by atoms with Crippen LogP contribution in [0.2, 0.25) is 0 Å². The fraction of sp³-hybridized carbons (Fsp3) is 0.562. The molecule has 3 rings (SSSR count). The highest BCUT2D eigenvalue weighted by molar-refractivity contribution is 7.88. The third-order valence-corrected chi connectivity index (χ3v) is 6.75. The molecule has 1 heterocycles. The van der Waals surface area contributed by atoms with Crippen LogP contribution in [0, 0.1) is 11.8 Å². The van der Waals surface area contributed by atoms with Gasteiger partial charge in [0.2, 0.25) is 10.0 Å². The highest BCUT2D eigenvalue weighted by atomic mass is 35.5. The van der Waals surface area contributed by atoms with Gasteiger partial charge >= 0.3 is 5.97 Å². The number of esters is 1. The normalized spacial score (nSPS) is 26.7. The molecule has 1 saturated heterocycles. The molecule has 0 radical (unpaired) electrons. The van der Waals surface area contributed by atoms with Gasteiger partial charge in [-0.1, -0.05) is 12.1 Å². The molecule has 0 amide bonds. The van der Waals surface area contributed by atoms with Gasteiger partial charge < -0.3 is 10.5 Å². The van der Waals surface area contributed by atoms with Crippen LogP contribution in [-0.4, -0.2) is 44.9 Å². The predicted molar refractivity (Wildman–Crippen MR) is 93.4 cm³/mol. The Kier molecular flexibility index (Phi) is 5.91. The fourth-order valence-electron chi connectivity index (χ4n) is 3.70. The molecule has 2 fully saturated rings. The van der Waals surface area contributed by atoms with E-state index in [1.807, 2.05) is 0 Å². The van der Waals surface area contributed by atoms with E-state index in [-0.39, 0.29) is 30.1 Å². The third kappa shape index (κ3) is 3.74. The number of nitrogens with zero attached hydrogens (tertiary/aromatic N) is 1. The number of fused-ring (bicyclic) bond motifs is 1. The highest BCUT2D eigenvalue weighted by Crippen LogP contribution is 2.38. The summed E-state index contributed by atoms with van der Waals surface area (Å²) in [5, 5.41) is 0. The lowest BCUT2D eigenvalue weighted by molar-refractivity contribution is 0.0600. The van der Waals surface area contributed by atoms with Crippen LogP contribution in [0.25, 0.3) is 0 Å². The zero-order valence-corrected chi connectivity index (χ0v) is 15.2. The molecule has 2 N–H and O–H groups in total. The number of rotatable bonds is 4. The minimum Gasteiger partial charge on any atom is -0.465 e. The number of carbonyl (C=O) groups is 1. The Morgan fingerprint density at radius 2 is 2.08 bits per heavy atom. The number of sulfonamides is 1. The van der Waals surface area contributed by atoms with Crippen molar-refractivity contribution in [2.45, 2.75) is 24.6 Å². The number of ether oxygens (including phenoxy) is 1. The standard InChI is InChI=1S/C16H22N2O4S.ClH/c1-22-16(19)12-4-2-3-11(7-12)10-23(20,21)18-8-13-5-6-15(17)14(13)9-18;/h2-4,7,13-15H,5-6,8-10,17H2,1H3;1H. The molecule has 3 atom stereocenters. The first-order valence-electron chi connectivity index (χ1n) is 7.81. The van der Waals surface area contributed by atoms with E-state index in [9.17, 15) is 13.2 Å². The predicted octanol–water partition coefficient (Wildman–Crippen LogP) is 1.39. The van der Waals surface area contributed by atoms with Crippen LogP contribution in [0.1, 0.15) is 28.8 Å². The second-order valence-corrected chi connectivity index (χ2v) is 8.40. The fourth-order valence-corrected chi connectivity index (χ4v) is 5.30. The molecule has 24 heavy (non-hydrogen) atoms. The number of methoxy groups -OCH3 is 1. The minimum atomic E-state index is -3.40. The molecule has 0 aromatic heterocycles. The molecule has 6 nitrogen and oxygen atoms in total. The Hall–Kier alpha value is -1.15. The Morgan fingerprint density at radius 1 is 1.33 bits per heavy atom. The summed E-state index contributed by atoms with van der Waals surface area (Å²) in [5.74, 6) is 0.102. The number of nitrogens with two attached hydrogens (primary N) is 1. The number of hydrogen-bond donors (Lipinski definition) is 1. The van der Waals surface area contributed by atoms with E-state index in [4.69, 9.17) is 5.73 Å². The van der Waals surface area contributed by atoms with Crippen LogP contribution < -0.4 is 5.73 Å². The summed E-state index contributed by atoms with van der Waals surface area (Å²) in [6, 6.07) is 6.69. The maximum Gasteiger partial charge on any atom is 0.337 e. The summed E-state index contributed by atoms with van der Waals surface area (Å²) in [6.45, 7) is 1.09. The van der Waals surface area contributed by atoms with Gasteiger partial charge in [-0.15, -0.1) is 12.4 Å². The van der Waals surface area contributed by atoms with Gasteiger partial charge in [0.25, 0.3) is 0 Å². The van der Waals surface area contributed by atoms with E-state index in [0.29, 0.717) is 30.1 Å². The molecule has 134 valence electrons. The van der Waals surface area contributed by atoms with Crippen LogP contribution in [-0.2, 0) is 20.5 Å². The first-order chi connectivity index (χ1) is 10.9. The van der Waals surface area contributed by atoms with Gasteiger partial charge in [-0.3, -0.25) is 0 Å². The monoisotopic (exact) mass is 374 g/mol. The van der Waals surface area contributed by atoms with Gasteiger partial charge in [-0.05, 0) is 42.4 Å². The highest BCUT2D eigenvalue weighted by Gasteiger charge is 2.44. The van der Waals surface area contributed by atoms with Crippen molar-refractivity contribution in [2.24, 2.45) is 17.6 Å². The molecule has 1 aromatic rings. The van der Waals surface area contributed by atoms with Crippen molar-refractivity contribution in [1.29, 1.82) is 0 Å². The van der Waals surface area contributed by atoms with Crippen LogP contribution in [0.3, 0.4) is 0 Å². The van der Waals surface area contributed by atoms with Gasteiger partial charge in [0.15, 0.2) is 0 Å². The van der Waals surface area contributed by atoms with E-state index in [2.05, 4.69) is 4.74 Å². The van der Waals surface area contributed by atoms with Gasteiger partial charge in [-0.25, -0.2) is 17.5 Å². The van der Waals surface area contributed by atoms with Gasteiger partial charge in [-0.2, -0.15) is 0 Å². The number of benzene rings is 1. The second kappa shape index (κ2) is 7.39. The Balaban J connectivity index is 0.00000208. The van der Waals surface area contributed by atoms with Crippen molar-refractivity contribution in [3.63, 3.8) is 0 Å². The van der Waals surface area contributed by atoms with Crippen LogP contribution in [0.5, 0.6) is 0 Å². The molecule has 8 heteroatoms. The lowest BCUT2D eigenvalue weighted by Gasteiger charge is -2.18. The Morgan fingerprint density at radius 3 is 2.75 bits per heavy atom. The van der Waals surface area contributed by atoms with Crippen molar-refractivity contribution in [3.8, 4) is 0 Å². The van der Waals surface area contributed by atoms with Crippen molar-refractivity contribution < 1.29 is 17.9 Å². The smallest absolute Gasteiger partial charge is 0.337 e. The van der Waals surface area contributed by atoms with Gasteiger partial charge in [0.05, 0.1) is 18.4 Å². The summed E-state index contributed by atoms with van der Waals surface area (Å²) in [6.07, 6.45) is 2.00. The first kappa shape index (κ1) is 19.2. The summed E-state index contributed by atoms with van der Waals surface area (Å²) in [5.41, 5.74) is 7.03. The largest absolute Gasteiger partial charge is 0.465 e. The van der Waals surface area contributed by atoms with E-state index in [1.54, 1.807) is 28.6 Å². The van der Waals surface area contributed by atoms with Crippen molar-refractivity contribution in [2.75, 3.05) is 20.2 Å². The van der Waals surface area contributed by atoms with Crippen molar-refractivity contribution >= 4 is 28.4 Å². The van der Waals surface area contributed by atoms with Crippen molar-refractivity contribution in [3.05, 3.63) is 35.4 Å². The average Bonchev–Trinajstić information content (AvgIpc) is 3.09. The third-order valence-electron chi connectivity index (χ3n) is 4.97. The molecule has 1 aliphatic heterocycles. The maximum absolute atomic E-state index is 12.7. The summed E-state index contributed by atoms with van der Waals surface area (Å²) >= 11 is 0. The summed E-state index contributed by atoms with van der Waals surface area (Å²) in [4.78, 5) is 11.6. The molecule has 0 bridgehead atoms. The van der Waals surface area contributed by atoms with Crippen LogP contribution >= 0.6 is 12.4 Å². The van der Waals surface area contributed by atoms with Crippen LogP contribution in [0.15, 0.2) is 24.3 Å². The van der Waals surface area contributed by atoms with E-state index < -0.39 is 16.0 Å². The molecule has 2 aliphatic rings. The lowest BCUT2D eigenvalue weighted by Crippen LogP contribution is -2.34. The van der Waals surface area contributed by atoms with Crippen molar-refractivity contribution in [1.82, 2.24) is 4.31 Å². The Bertz CT molecular complexity index is 710. The first-order valence-corrected chi connectivity index (χ1v) is 9.42. The zero-order valence-electron chi connectivity index (χ0n) is 13.6. The van der Waals surface area contributed by atoms with E-state index in [1.165, 1.54) is 7.11 Å². The summed E-state index contributed by atoms with van der Waals surface area (Å²) in [7, 11) is -2.10. The van der Waals surface area contributed by atoms with E-state index in [0.717, 1.165) is 12.8 Å². The Labute approximate surface area is 148 Å². The average molecular weight is 375 g/mol. The number of halogens is 1. The molecule has 3 unspecified atom stereocenters. The van der Waals surface area contributed by atoms with Gasteiger partial charge in [0.1, 0.15) is 0 Å². The molecular weight excluding hydrogens is 352 g/mol. The minimum absolute atomic E-state index is 0. The maximum atomic E-state index is 12.7. The molecule has 1 aliphatic carbocycles. The number of hydrogen-bond acceptors (Lipinski definition) is 5. The molecular formula is C16H23ClN2O4S.